The van der Waals surface area contributed by atoms with Crippen molar-refractivity contribution in [2.24, 2.45) is 0 Å². The van der Waals surface area contributed by atoms with Gasteiger partial charge < -0.3 is 0 Å². The number of allylic oxidation sites excluding steroid dienone is 1. The van der Waals surface area contributed by atoms with Gasteiger partial charge in [-0.25, -0.2) is 0 Å². The summed E-state index contributed by atoms with van der Waals surface area (Å²) in [6.07, 6.45) is 10.4. The molecular formula is C10H9OS2. The van der Waals surface area contributed by atoms with E-state index in [4.69, 9.17) is 0 Å². The van der Waals surface area contributed by atoms with E-state index in [2.05, 4.69) is 12.2 Å². The van der Waals surface area contributed by atoms with Gasteiger partial charge in [0.05, 0.1) is 9.09 Å². The molecule has 1 aromatic rings. The monoisotopic (exact) mass is 209 g/mol. The summed E-state index contributed by atoms with van der Waals surface area (Å²) in [4.78, 5) is 11.5. The first-order valence-corrected chi connectivity index (χ1v) is 6.15. The predicted molar refractivity (Wildman–Crippen MR) is 58.3 cm³/mol. The van der Waals surface area contributed by atoms with Crippen LogP contribution < -0.4 is 0 Å². The topological polar surface area (TPSA) is 17.1 Å². The van der Waals surface area contributed by atoms with Crippen molar-refractivity contribution >= 4 is 35.5 Å². The van der Waals surface area contributed by atoms with Crippen LogP contribution in [0.1, 0.15) is 22.4 Å². The van der Waals surface area contributed by atoms with Gasteiger partial charge in [0.2, 0.25) is 6.29 Å². The van der Waals surface area contributed by atoms with E-state index in [-0.39, 0.29) is 0 Å². The predicted octanol–water partition coefficient (Wildman–Crippen LogP) is 2.89. The van der Waals surface area contributed by atoms with E-state index in [0.717, 1.165) is 17.7 Å². The second-order valence-electron chi connectivity index (χ2n) is 2.86. The van der Waals surface area contributed by atoms with E-state index in [1.165, 1.54) is 15.3 Å². The van der Waals surface area contributed by atoms with E-state index in [1.807, 2.05) is 12.5 Å². The molecule has 0 aromatic carbocycles. The van der Waals surface area contributed by atoms with Crippen LogP contribution in [0, 0.1) is 0 Å². The zero-order valence-electron chi connectivity index (χ0n) is 7.29. The second-order valence-corrected chi connectivity index (χ2v) is 4.95. The summed E-state index contributed by atoms with van der Waals surface area (Å²) in [5.74, 6) is 0. The molecule has 1 nitrogen and oxygen atoms in total. The van der Waals surface area contributed by atoms with Gasteiger partial charge in [-0.1, -0.05) is 12.2 Å². The summed E-state index contributed by atoms with van der Waals surface area (Å²) in [7, 11) is 0. The van der Waals surface area contributed by atoms with Crippen LogP contribution in [0.15, 0.2) is 10.3 Å². The maximum atomic E-state index is 10.7. The molecule has 3 heteroatoms. The van der Waals surface area contributed by atoms with Gasteiger partial charge in [0.1, 0.15) is 0 Å². The molecule has 0 unspecified atom stereocenters. The largest absolute Gasteiger partial charge is 0.284 e. The van der Waals surface area contributed by atoms with Crippen molar-refractivity contribution in [3.05, 3.63) is 22.1 Å². The normalized spacial score (nSPS) is 14.2. The second kappa shape index (κ2) is 3.68. The van der Waals surface area contributed by atoms with Gasteiger partial charge in [-0.3, -0.25) is 4.79 Å². The first kappa shape index (κ1) is 9.03. The molecule has 0 amide bonds. The minimum atomic E-state index is 0.795. The summed E-state index contributed by atoms with van der Waals surface area (Å²) in [5, 5.41) is 0. The molecule has 2 rings (SSSR count). The molecule has 1 aliphatic rings. The molecule has 0 fully saturated rings. The third kappa shape index (κ3) is 1.46. The van der Waals surface area contributed by atoms with Crippen LogP contribution >= 0.6 is 23.1 Å². The highest BCUT2D eigenvalue weighted by atomic mass is 32.2. The van der Waals surface area contributed by atoms with E-state index in [0.29, 0.717) is 0 Å². The van der Waals surface area contributed by atoms with Gasteiger partial charge in [0, 0.05) is 5.56 Å². The molecule has 0 spiro atoms. The number of carbonyl (C=O) groups excluding carboxylic acids is 1. The summed E-state index contributed by atoms with van der Waals surface area (Å²) in [6, 6.07) is 0. The van der Waals surface area contributed by atoms with Gasteiger partial charge in [-0.05, 0) is 24.7 Å². The lowest BCUT2D eigenvalue weighted by Crippen LogP contribution is -1.93. The lowest BCUT2D eigenvalue weighted by Gasteiger charge is -2.05. The minimum absolute atomic E-state index is 0.795. The van der Waals surface area contributed by atoms with Gasteiger partial charge in [-0.15, -0.1) is 23.1 Å². The summed E-state index contributed by atoms with van der Waals surface area (Å²) in [5.41, 5.74) is 2.45. The number of fused-ring (bicyclic) bond motifs is 1. The molecule has 67 valence electrons. The molecule has 1 aromatic heterocycles. The number of hydrogen-bond acceptors (Lipinski definition) is 3. The number of hydrogen-bond donors (Lipinski definition) is 0. The molecule has 1 radical (unpaired) electrons. The Morgan fingerprint density at radius 1 is 1.62 bits per heavy atom. The Labute approximate surface area is 85.9 Å². The van der Waals surface area contributed by atoms with Crippen molar-refractivity contribution < 1.29 is 4.79 Å². The van der Waals surface area contributed by atoms with Crippen LogP contribution in [0.25, 0.3) is 6.08 Å². The van der Waals surface area contributed by atoms with Crippen molar-refractivity contribution in [1.82, 2.24) is 0 Å². The molecule has 0 saturated heterocycles. The molecule has 0 N–H and O–H groups in total. The number of thiophene rings is 1. The zero-order valence-corrected chi connectivity index (χ0v) is 8.93. The third-order valence-electron chi connectivity index (χ3n) is 2.14. The summed E-state index contributed by atoms with van der Waals surface area (Å²) in [6.45, 7) is 0. The minimum Gasteiger partial charge on any atom is -0.284 e. The lowest BCUT2D eigenvalue weighted by atomic mass is 10.0. The molecule has 0 bridgehead atoms. The summed E-state index contributed by atoms with van der Waals surface area (Å²) < 4.78 is 1.24. The van der Waals surface area contributed by atoms with Crippen LogP contribution in [-0.4, -0.2) is 12.5 Å². The van der Waals surface area contributed by atoms with Gasteiger partial charge in [0.15, 0.2) is 0 Å². The van der Waals surface area contributed by atoms with Gasteiger partial charge in [0.25, 0.3) is 0 Å². The molecule has 1 aliphatic carbocycles. The van der Waals surface area contributed by atoms with Crippen LogP contribution in [0.2, 0.25) is 0 Å². The summed E-state index contributed by atoms with van der Waals surface area (Å²) >= 11 is 3.27. The molecule has 0 aliphatic heterocycles. The molecule has 0 saturated carbocycles. The van der Waals surface area contributed by atoms with Crippen molar-refractivity contribution in [3.8, 4) is 0 Å². The Morgan fingerprint density at radius 3 is 3.15 bits per heavy atom. The Morgan fingerprint density at radius 2 is 2.46 bits per heavy atom. The molecule has 13 heavy (non-hydrogen) atoms. The van der Waals surface area contributed by atoms with Crippen molar-refractivity contribution in [2.45, 2.75) is 17.1 Å². The maximum absolute atomic E-state index is 10.7. The first-order chi connectivity index (χ1) is 6.36. The van der Waals surface area contributed by atoms with E-state index in [1.54, 1.807) is 23.1 Å². The van der Waals surface area contributed by atoms with E-state index in [9.17, 15) is 4.79 Å². The average Bonchev–Trinajstić information content (AvgIpc) is 2.56. The highest BCUT2D eigenvalue weighted by Gasteiger charge is 2.17. The van der Waals surface area contributed by atoms with Gasteiger partial charge >= 0.3 is 0 Å². The average molecular weight is 209 g/mol. The van der Waals surface area contributed by atoms with Gasteiger partial charge in [-0.2, -0.15) is 0 Å². The Balaban J connectivity index is 2.58. The highest BCUT2D eigenvalue weighted by Crippen LogP contribution is 2.37. The fourth-order valence-electron chi connectivity index (χ4n) is 1.53. The smallest absolute Gasteiger partial charge is 0.244 e. The Hall–Kier alpha value is -0.540. The molecule has 0 atom stereocenters. The van der Waals surface area contributed by atoms with Crippen LogP contribution in [0.5, 0.6) is 0 Å². The lowest BCUT2D eigenvalue weighted by molar-refractivity contribution is 0.563. The van der Waals surface area contributed by atoms with Crippen LogP contribution in [0.4, 0.5) is 0 Å². The molecular weight excluding hydrogens is 200 g/mol. The standard InChI is InChI=1S/C10H9OS2/c1-12-10-8-5-3-2-4-7(8)9(6-11)13-10/h3,5H,2,4H2,1H3. The van der Waals surface area contributed by atoms with Crippen molar-refractivity contribution in [1.29, 1.82) is 0 Å². The SMILES string of the molecule is CSc1sc([C]=O)c2c1C=CCC2. The molecule has 1 heterocycles. The first-order valence-electron chi connectivity index (χ1n) is 4.11. The third-order valence-corrected chi connectivity index (χ3v) is 4.42. The fraction of sp³-hybridized carbons (Fsp3) is 0.300. The van der Waals surface area contributed by atoms with Crippen LogP contribution in [0.3, 0.4) is 0 Å². The van der Waals surface area contributed by atoms with E-state index >= 15 is 0 Å². The zero-order chi connectivity index (χ0) is 9.26. The fourth-order valence-corrected chi connectivity index (χ4v) is 3.39. The Kier molecular flexibility index (Phi) is 2.56. The number of thioether (sulfide) groups is 1. The number of rotatable bonds is 2. The van der Waals surface area contributed by atoms with Crippen LogP contribution in [-0.2, 0) is 11.2 Å². The quantitative estimate of drug-likeness (QED) is 0.697. The highest BCUT2D eigenvalue weighted by molar-refractivity contribution is 8.00. The van der Waals surface area contributed by atoms with Crippen molar-refractivity contribution in [2.75, 3.05) is 6.26 Å². The maximum Gasteiger partial charge on any atom is 0.244 e. The van der Waals surface area contributed by atoms with Crippen molar-refractivity contribution in [3.63, 3.8) is 0 Å². The van der Waals surface area contributed by atoms with E-state index < -0.39 is 0 Å². The Bertz CT molecular complexity index is 363.